The maximum atomic E-state index is 13.4. The molecule has 1 heterocycles. The molecule has 17 heavy (non-hydrogen) atoms. The highest BCUT2D eigenvalue weighted by atomic mass is 79.9. The molecule has 2 aromatic rings. The lowest BCUT2D eigenvalue weighted by Gasteiger charge is -2.01. The Bertz CT molecular complexity index is 552. The number of ketones is 1. The first-order valence-electron chi connectivity index (χ1n) is 4.75. The number of halogens is 3. The number of rotatable bonds is 2. The van der Waals surface area contributed by atoms with Gasteiger partial charge in [0.2, 0.25) is 5.78 Å². The molecule has 0 aliphatic carbocycles. The molecule has 0 fully saturated rings. The van der Waals surface area contributed by atoms with Crippen LogP contribution in [0.25, 0.3) is 0 Å². The average Bonchev–Trinajstić information content (AvgIpc) is 2.59. The topological polar surface area (TPSA) is 17.1 Å². The number of thiophene rings is 1. The van der Waals surface area contributed by atoms with Crippen LogP contribution in [0, 0.1) is 18.6 Å². The Hall–Kier alpha value is -1.07. The summed E-state index contributed by atoms with van der Waals surface area (Å²) in [4.78, 5) is 13.2. The smallest absolute Gasteiger partial charge is 0.208 e. The van der Waals surface area contributed by atoms with Crippen molar-refractivity contribution in [3.63, 3.8) is 0 Å². The Balaban J connectivity index is 2.51. The molecule has 0 aliphatic heterocycles. The average molecular weight is 317 g/mol. The van der Waals surface area contributed by atoms with E-state index in [2.05, 4.69) is 15.9 Å². The fourth-order valence-electron chi connectivity index (χ4n) is 1.41. The van der Waals surface area contributed by atoms with Crippen LogP contribution < -0.4 is 0 Å². The van der Waals surface area contributed by atoms with Crippen molar-refractivity contribution in [2.75, 3.05) is 0 Å². The van der Waals surface area contributed by atoms with Crippen molar-refractivity contribution in [2.24, 2.45) is 0 Å². The van der Waals surface area contributed by atoms with Crippen molar-refractivity contribution < 1.29 is 13.6 Å². The van der Waals surface area contributed by atoms with E-state index in [9.17, 15) is 13.6 Å². The molecule has 0 spiro atoms. The van der Waals surface area contributed by atoms with Crippen LogP contribution >= 0.6 is 27.3 Å². The van der Waals surface area contributed by atoms with Crippen LogP contribution in [0.4, 0.5) is 8.78 Å². The van der Waals surface area contributed by atoms with Gasteiger partial charge in [0.25, 0.3) is 0 Å². The lowest BCUT2D eigenvalue weighted by Crippen LogP contribution is -2.05. The molecule has 0 unspecified atom stereocenters. The van der Waals surface area contributed by atoms with Gasteiger partial charge in [0.05, 0.1) is 10.4 Å². The Labute approximate surface area is 109 Å². The summed E-state index contributed by atoms with van der Waals surface area (Å²) in [6.07, 6.45) is 0. The summed E-state index contributed by atoms with van der Waals surface area (Å²) in [5.41, 5.74) is -0.499. The second-order valence-electron chi connectivity index (χ2n) is 3.44. The van der Waals surface area contributed by atoms with Crippen molar-refractivity contribution in [1.29, 1.82) is 0 Å². The lowest BCUT2D eigenvalue weighted by molar-refractivity contribution is 0.103. The van der Waals surface area contributed by atoms with Gasteiger partial charge >= 0.3 is 0 Å². The molecule has 0 atom stereocenters. The van der Waals surface area contributed by atoms with Crippen LogP contribution in [-0.4, -0.2) is 5.78 Å². The van der Waals surface area contributed by atoms with E-state index in [0.29, 0.717) is 4.88 Å². The highest BCUT2D eigenvalue weighted by Gasteiger charge is 2.20. The van der Waals surface area contributed by atoms with Crippen molar-refractivity contribution >= 4 is 33.0 Å². The molecule has 1 aromatic carbocycles. The first-order valence-corrected chi connectivity index (χ1v) is 6.36. The Morgan fingerprint density at radius 2 is 1.88 bits per heavy atom. The van der Waals surface area contributed by atoms with Crippen LogP contribution in [0.1, 0.15) is 20.1 Å². The first-order chi connectivity index (χ1) is 8.00. The van der Waals surface area contributed by atoms with Crippen LogP contribution in [0.15, 0.2) is 28.7 Å². The maximum absolute atomic E-state index is 13.4. The molecule has 0 N–H and O–H groups in total. The first kappa shape index (κ1) is 12.4. The number of carbonyl (C=O) groups is 1. The van der Waals surface area contributed by atoms with Gasteiger partial charge in [-0.2, -0.15) is 0 Å². The van der Waals surface area contributed by atoms with E-state index in [4.69, 9.17) is 0 Å². The predicted octanol–water partition coefficient (Wildman–Crippen LogP) is 4.33. The molecule has 0 amide bonds. The number of carbonyl (C=O) groups excluding carboxylic acids is 1. The standard InChI is InChI=1S/C12H7BrF2OS/c1-6-7(13)5-10(17-6)12(16)11-8(14)3-2-4-9(11)15/h2-5H,1H3. The van der Waals surface area contributed by atoms with E-state index in [-0.39, 0.29) is 0 Å². The van der Waals surface area contributed by atoms with Crippen molar-refractivity contribution in [2.45, 2.75) is 6.92 Å². The number of benzene rings is 1. The normalized spacial score (nSPS) is 10.6. The van der Waals surface area contributed by atoms with Crippen molar-refractivity contribution in [1.82, 2.24) is 0 Å². The molecule has 0 aliphatic rings. The van der Waals surface area contributed by atoms with E-state index in [1.165, 1.54) is 17.4 Å². The van der Waals surface area contributed by atoms with Gasteiger partial charge in [0.15, 0.2) is 0 Å². The predicted molar refractivity (Wildman–Crippen MR) is 66.5 cm³/mol. The molecule has 0 saturated carbocycles. The monoisotopic (exact) mass is 316 g/mol. The minimum absolute atomic E-state index is 0.318. The second-order valence-corrected chi connectivity index (χ2v) is 5.55. The van der Waals surface area contributed by atoms with Crippen LogP contribution in [0.5, 0.6) is 0 Å². The molecule has 0 radical (unpaired) electrons. The zero-order chi connectivity index (χ0) is 12.6. The third-order valence-electron chi connectivity index (χ3n) is 2.27. The summed E-state index contributed by atoms with van der Waals surface area (Å²) in [5, 5.41) is 0. The van der Waals surface area contributed by atoms with Gasteiger partial charge in [-0.25, -0.2) is 8.78 Å². The fraction of sp³-hybridized carbons (Fsp3) is 0.0833. The molecule has 5 heteroatoms. The maximum Gasteiger partial charge on any atom is 0.208 e. The van der Waals surface area contributed by atoms with Gasteiger partial charge in [0.1, 0.15) is 11.6 Å². The SMILES string of the molecule is Cc1sc(C(=O)c2c(F)cccc2F)cc1Br. The molecular weight excluding hydrogens is 310 g/mol. The number of aryl methyl sites for hydroxylation is 1. The zero-order valence-electron chi connectivity index (χ0n) is 8.76. The molecule has 0 saturated heterocycles. The highest BCUT2D eigenvalue weighted by molar-refractivity contribution is 9.10. The molecule has 1 aromatic heterocycles. The largest absolute Gasteiger partial charge is 0.287 e. The van der Waals surface area contributed by atoms with Gasteiger partial charge in [0, 0.05) is 9.35 Å². The van der Waals surface area contributed by atoms with Crippen LogP contribution in [0.2, 0.25) is 0 Å². The van der Waals surface area contributed by atoms with Crippen LogP contribution in [0.3, 0.4) is 0 Å². The third-order valence-corrected chi connectivity index (χ3v) is 4.41. The summed E-state index contributed by atoms with van der Waals surface area (Å²) < 4.78 is 27.6. The van der Waals surface area contributed by atoms with Gasteiger partial charge in [-0.3, -0.25) is 4.79 Å². The van der Waals surface area contributed by atoms with Gasteiger partial charge in [-0.1, -0.05) is 6.07 Å². The Morgan fingerprint density at radius 1 is 1.29 bits per heavy atom. The van der Waals surface area contributed by atoms with Crippen molar-refractivity contribution in [3.05, 3.63) is 55.7 Å². The summed E-state index contributed by atoms with van der Waals surface area (Å²) in [6.45, 7) is 1.82. The minimum Gasteiger partial charge on any atom is -0.287 e. The Kier molecular flexibility index (Phi) is 3.40. The molecule has 88 valence electrons. The third kappa shape index (κ3) is 2.30. The van der Waals surface area contributed by atoms with E-state index in [1.54, 1.807) is 6.07 Å². The number of hydrogen-bond donors (Lipinski definition) is 0. The van der Waals surface area contributed by atoms with Gasteiger partial charge in [-0.05, 0) is 41.1 Å². The summed E-state index contributed by atoms with van der Waals surface area (Å²) >= 11 is 4.47. The van der Waals surface area contributed by atoms with E-state index >= 15 is 0 Å². The Morgan fingerprint density at radius 3 is 2.35 bits per heavy atom. The molecular formula is C12H7BrF2OS. The fourth-order valence-corrected chi connectivity index (χ4v) is 2.89. The van der Waals surface area contributed by atoms with Crippen molar-refractivity contribution in [3.8, 4) is 0 Å². The molecule has 1 nitrogen and oxygen atoms in total. The van der Waals surface area contributed by atoms with E-state index in [0.717, 1.165) is 21.5 Å². The minimum atomic E-state index is -0.836. The summed E-state index contributed by atoms with van der Waals surface area (Å²) in [7, 11) is 0. The van der Waals surface area contributed by atoms with Gasteiger partial charge < -0.3 is 0 Å². The molecule has 0 bridgehead atoms. The number of hydrogen-bond acceptors (Lipinski definition) is 2. The quantitative estimate of drug-likeness (QED) is 0.754. The highest BCUT2D eigenvalue weighted by Crippen LogP contribution is 2.29. The van der Waals surface area contributed by atoms with E-state index in [1.807, 2.05) is 6.92 Å². The molecule has 2 rings (SSSR count). The zero-order valence-corrected chi connectivity index (χ0v) is 11.2. The van der Waals surface area contributed by atoms with Crippen LogP contribution in [-0.2, 0) is 0 Å². The summed E-state index contributed by atoms with van der Waals surface area (Å²) in [6, 6.07) is 4.96. The van der Waals surface area contributed by atoms with Gasteiger partial charge in [-0.15, -0.1) is 11.3 Å². The lowest BCUT2D eigenvalue weighted by atomic mass is 10.1. The second kappa shape index (κ2) is 4.66. The van der Waals surface area contributed by atoms with E-state index < -0.39 is 23.0 Å². The summed E-state index contributed by atoms with van der Waals surface area (Å²) in [5.74, 6) is -2.30.